The van der Waals surface area contributed by atoms with E-state index >= 15 is 0 Å². The largest absolute Gasteiger partial charge is 0.387 e. The standard InChI is InChI=1S/C13H19ClN4O2/c1-18-5-4-13(20,7-18)6-15-12(19)11-9(14)10(16-17-11)8-2-3-8/h8,20H,2-7H2,1H3,(H,15,19)(H,16,17)/t13-/m0/s1. The molecular formula is C13H19ClN4O2. The lowest BCUT2D eigenvalue weighted by atomic mass is 10.0. The monoisotopic (exact) mass is 298 g/mol. The molecule has 2 heterocycles. The molecule has 1 amide bonds. The Morgan fingerprint density at radius 2 is 2.40 bits per heavy atom. The fourth-order valence-electron chi connectivity index (χ4n) is 2.67. The van der Waals surface area contributed by atoms with Gasteiger partial charge in [0.15, 0.2) is 5.69 Å². The van der Waals surface area contributed by atoms with Crippen LogP contribution < -0.4 is 5.32 Å². The average molecular weight is 299 g/mol. The van der Waals surface area contributed by atoms with E-state index in [2.05, 4.69) is 15.5 Å². The number of carbonyl (C=O) groups is 1. The molecule has 2 fully saturated rings. The lowest BCUT2D eigenvalue weighted by molar-refractivity contribution is 0.0484. The lowest BCUT2D eigenvalue weighted by Crippen LogP contribution is -2.44. The Morgan fingerprint density at radius 1 is 1.65 bits per heavy atom. The Morgan fingerprint density at radius 3 is 3.00 bits per heavy atom. The first-order valence-corrected chi connectivity index (χ1v) is 7.29. The van der Waals surface area contributed by atoms with Crippen LogP contribution in [0.15, 0.2) is 0 Å². The minimum Gasteiger partial charge on any atom is -0.387 e. The van der Waals surface area contributed by atoms with Crippen molar-refractivity contribution in [3.8, 4) is 0 Å². The summed E-state index contributed by atoms with van der Waals surface area (Å²) in [4.78, 5) is 14.1. The van der Waals surface area contributed by atoms with Crippen molar-refractivity contribution in [3.63, 3.8) is 0 Å². The smallest absolute Gasteiger partial charge is 0.273 e. The number of H-pyrrole nitrogens is 1. The van der Waals surface area contributed by atoms with Gasteiger partial charge in [0, 0.05) is 25.6 Å². The molecule has 1 aliphatic heterocycles. The summed E-state index contributed by atoms with van der Waals surface area (Å²) in [6.07, 6.45) is 2.84. The Kier molecular flexibility index (Phi) is 3.48. The van der Waals surface area contributed by atoms with Crippen LogP contribution >= 0.6 is 11.6 Å². The molecule has 7 heteroatoms. The van der Waals surface area contributed by atoms with Gasteiger partial charge in [-0.25, -0.2) is 0 Å². The second kappa shape index (κ2) is 5.02. The van der Waals surface area contributed by atoms with Gasteiger partial charge in [0.25, 0.3) is 5.91 Å². The maximum absolute atomic E-state index is 12.1. The van der Waals surface area contributed by atoms with Crippen LogP contribution in [0.2, 0.25) is 5.02 Å². The van der Waals surface area contributed by atoms with Crippen molar-refractivity contribution < 1.29 is 9.90 Å². The van der Waals surface area contributed by atoms with E-state index in [9.17, 15) is 9.90 Å². The predicted octanol–water partition coefficient (Wildman–Crippen LogP) is 0.737. The highest BCUT2D eigenvalue weighted by molar-refractivity contribution is 6.34. The van der Waals surface area contributed by atoms with E-state index in [1.165, 1.54) is 0 Å². The lowest BCUT2D eigenvalue weighted by Gasteiger charge is -2.22. The molecule has 3 N–H and O–H groups in total. The molecule has 3 rings (SSSR count). The Bertz CT molecular complexity index is 528. The number of likely N-dealkylation sites (tertiary alicyclic amines) is 1. The molecule has 110 valence electrons. The van der Waals surface area contributed by atoms with E-state index in [0.717, 1.165) is 25.1 Å². The van der Waals surface area contributed by atoms with E-state index < -0.39 is 5.60 Å². The highest BCUT2D eigenvalue weighted by atomic mass is 35.5. The summed E-state index contributed by atoms with van der Waals surface area (Å²) in [6.45, 7) is 1.62. The third kappa shape index (κ3) is 2.68. The summed E-state index contributed by atoms with van der Waals surface area (Å²) < 4.78 is 0. The van der Waals surface area contributed by atoms with Gasteiger partial charge in [-0.05, 0) is 26.3 Å². The molecule has 6 nitrogen and oxygen atoms in total. The van der Waals surface area contributed by atoms with Gasteiger partial charge >= 0.3 is 0 Å². The van der Waals surface area contributed by atoms with Crippen LogP contribution in [0.5, 0.6) is 0 Å². The van der Waals surface area contributed by atoms with E-state index in [4.69, 9.17) is 11.6 Å². The highest BCUT2D eigenvalue weighted by Crippen LogP contribution is 2.42. The Balaban J connectivity index is 1.62. The van der Waals surface area contributed by atoms with E-state index in [0.29, 0.717) is 23.9 Å². The second-order valence-electron chi connectivity index (χ2n) is 5.97. The number of aliphatic hydroxyl groups is 1. The van der Waals surface area contributed by atoms with Gasteiger partial charge in [-0.15, -0.1) is 0 Å². The highest BCUT2D eigenvalue weighted by Gasteiger charge is 2.35. The van der Waals surface area contributed by atoms with Gasteiger partial charge in [0.05, 0.1) is 16.3 Å². The van der Waals surface area contributed by atoms with Crippen LogP contribution in [-0.4, -0.2) is 58.4 Å². The van der Waals surface area contributed by atoms with E-state index in [-0.39, 0.29) is 18.1 Å². The number of aromatic nitrogens is 2. The zero-order valence-corrected chi connectivity index (χ0v) is 12.2. The normalized spacial score (nSPS) is 26.9. The molecule has 1 saturated carbocycles. The number of rotatable bonds is 4. The first-order valence-electron chi connectivity index (χ1n) is 6.91. The number of hydrogen-bond acceptors (Lipinski definition) is 4. The number of β-amino-alcohol motifs (C(OH)–C–C–N with tert-alkyl or cyclic N) is 1. The molecule has 0 bridgehead atoms. The zero-order valence-electron chi connectivity index (χ0n) is 11.4. The van der Waals surface area contributed by atoms with Crippen LogP contribution in [0.25, 0.3) is 0 Å². The quantitative estimate of drug-likeness (QED) is 0.766. The number of amides is 1. The number of aromatic amines is 1. The third-order valence-corrected chi connectivity index (χ3v) is 4.42. The molecule has 1 aromatic rings. The number of likely N-dealkylation sites (N-methyl/N-ethyl adjacent to an activating group) is 1. The number of carbonyl (C=O) groups excluding carboxylic acids is 1. The van der Waals surface area contributed by atoms with E-state index in [1.807, 2.05) is 11.9 Å². The molecule has 2 aliphatic rings. The average Bonchev–Trinajstić information content (AvgIpc) is 3.09. The molecule has 1 saturated heterocycles. The first-order chi connectivity index (χ1) is 9.48. The van der Waals surface area contributed by atoms with Crippen LogP contribution in [-0.2, 0) is 0 Å². The van der Waals surface area contributed by atoms with Crippen molar-refractivity contribution in [1.29, 1.82) is 0 Å². The third-order valence-electron chi connectivity index (χ3n) is 4.03. The SMILES string of the molecule is CN1CC[C@](O)(CNC(=O)c2n[nH]c(C3CC3)c2Cl)C1. The summed E-state index contributed by atoms with van der Waals surface area (Å²) in [5.41, 5.74) is 0.228. The summed E-state index contributed by atoms with van der Waals surface area (Å²) in [7, 11) is 1.95. The molecule has 0 unspecified atom stereocenters. The fourth-order valence-corrected chi connectivity index (χ4v) is 2.99. The molecule has 0 radical (unpaired) electrons. The number of nitrogens with one attached hydrogen (secondary N) is 2. The van der Waals surface area contributed by atoms with Gasteiger partial charge in [0.2, 0.25) is 0 Å². The van der Waals surface area contributed by atoms with Crippen LogP contribution in [0.3, 0.4) is 0 Å². The predicted molar refractivity (Wildman–Crippen MR) is 75.0 cm³/mol. The van der Waals surface area contributed by atoms with Crippen molar-refractivity contribution in [3.05, 3.63) is 16.4 Å². The van der Waals surface area contributed by atoms with Crippen LogP contribution in [0.1, 0.15) is 41.4 Å². The molecular weight excluding hydrogens is 280 g/mol. The number of nitrogens with zero attached hydrogens (tertiary/aromatic N) is 2. The molecule has 0 spiro atoms. The fraction of sp³-hybridized carbons (Fsp3) is 0.692. The van der Waals surface area contributed by atoms with Crippen molar-refractivity contribution in [2.24, 2.45) is 0 Å². The number of hydrogen-bond donors (Lipinski definition) is 3. The zero-order chi connectivity index (χ0) is 14.3. The van der Waals surface area contributed by atoms with Gasteiger partial charge in [-0.3, -0.25) is 9.89 Å². The van der Waals surface area contributed by atoms with Gasteiger partial charge < -0.3 is 15.3 Å². The van der Waals surface area contributed by atoms with Crippen LogP contribution in [0, 0.1) is 0 Å². The minimum atomic E-state index is -0.855. The molecule has 1 aromatic heterocycles. The van der Waals surface area contributed by atoms with Crippen LogP contribution in [0.4, 0.5) is 0 Å². The first kappa shape index (κ1) is 13.9. The molecule has 0 aromatic carbocycles. The van der Waals surface area contributed by atoms with Crippen molar-refractivity contribution in [1.82, 2.24) is 20.4 Å². The summed E-state index contributed by atoms with van der Waals surface area (Å²) in [6, 6.07) is 0. The topological polar surface area (TPSA) is 81.2 Å². The van der Waals surface area contributed by atoms with Gasteiger partial charge in [0.1, 0.15) is 0 Å². The van der Waals surface area contributed by atoms with E-state index in [1.54, 1.807) is 0 Å². The maximum Gasteiger partial charge on any atom is 0.273 e. The summed E-state index contributed by atoms with van der Waals surface area (Å²) >= 11 is 6.18. The Labute approximate surface area is 122 Å². The molecule has 1 aliphatic carbocycles. The van der Waals surface area contributed by atoms with Crippen molar-refractivity contribution in [2.75, 3.05) is 26.7 Å². The molecule has 20 heavy (non-hydrogen) atoms. The summed E-state index contributed by atoms with van der Waals surface area (Å²) in [5.74, 6) is 0.0883. The Hall–Kier alpha value is -1.11. The molecule has 1 atom stereocenters. The minimum absolute atomic E-state index is 0.220. The van der Waals surface area contributed by atoms with Crippen molar-refractivity contribution in [2.45, 2.75) is 30.8 Å². The summed E-state index contributed by atoms with van der Waals surface area (Å²) in [5, 5.41) is 20.3. The second-order valence-corrected chi connectivity index (χ2v) is 6.35. The maximum atomic E-state index is 12.1. The number of halogens is 1. The van der Waals surface area contributed by atoms with Gasteiger partial charge in [-0.2, -0.15) is 5.10 Å². The van der Waals surface area contributed by atoms with Gasteiger partial charge in [-0.1, -0.05) is 11.6 Å². The van der Waals surface area contributed by atoms with Crippen molar-refractivity contribution >= 4 is 17.5 Å².